The van der Waals surface area contributed by atoms with Crippen molar-refractivity contribution < 1.29 is 19.1 Å². The molecule has 1 unspecified atom stereocenters. The largest absolute Gasteiger partial charge is 0.466 e. The van der Waals surface area contributed by atoms with Crippen LogP contribution in [0.4, 0.5) is 5.69 Å². The number of hydrogen-bond acceptors (Lipinski definition) is 10. The lowest BCUT2D eigenvalue weighted by Crippen LogP contribution is -2.40. The van der Waals surface area contributed by atoms with Crippen LogP contribution in [0.15, 0.2) is 106 Å². The number of ether oxygens (including phenoxy) is 2. The number of benzene rings is 2. The molecule has 1 atom stereocenters. The van der Waals surface area contributed by atoms with Crippen molar-refractivity contribution in [3.8, 4) is 12.1 Å². The third kappa shape index (κ3) is 4.81. The molecule has 9 nitrogen and oxygen atoms in total. The highest BCUT2D eigenvalue weighted by molar-refractivity contribution is 7.99. The first-order valence-corrected chi connectivity index (χ1v) is 12.0. The fourth-order valence-corrected chi connectivity index (χ4v) is 4.95. The van der Waals surface area contributed by atoms with Gasteiger partial charge in [-0.25, -0.2) is 14.6 Å². The van der Waals surface area contributed by atoms with Crippen molar-refractivity contribution in [1.82, 2.24) is 4.98 Å². The highest BCUT2D eigenvalue weighted by Gasteiger charge is 2.42. The maximum Gasteiger partial charge on any atom is 0.355 e. The number of allylic oxidation sites excluding steroid dienone is 1. The molecule has 1 aromatic heterocycles. The first kappa shape index (κ1) is 26.0. The van der Waals surface area contributed by atoms with Crippen molar-refractivity contribution in [2.24, 2.45) is 5.73 Å². The molecule has 2 heterocycles. The van der Waals surface area contributed by atoms with Crippen molar-refractivity contribution in [3.63, 3.8) is 0 Å². The Morgan fingerprint density at radius 2 is 1.63 bits per heavy atom. The predicted molar refractivity (Wildman–Crippen MR) is 139 cm³/mol. The van der Waals surface area contributed by atoms with Gasteiger partial charge in [-0.15, -0.1) is 0 Å². The van der Waals surface area contributed by atoms with Crippen LogP contribution in [0.3, 0.4) is 0 Å². The molecule has 1 aliphatic heterocycles. The maximum absolute atomic E-state index is 13.1. The van der Waals surface area contributed by atoms with Gasteiger partial charge in [-0.2, -0.15) is 10.5 Å². The van der Waals surface area contributed by atoms with Crippen LogP contribution in [0.5, 0.6) is 0 Å². The number of nitriles is 2. The molecule has 0 radical (unpaired) electrons. The summed E-state index contributed by atoms with van der Waals surface area (Å²) < 4.78 is 10.1. The van der Waals surface area contributed by atoms with Gasteiger partial charge in [0.15, 0.2) is 0 Å². The Morgan fingerprint density at radius 1 is 0.947 bits per heavy atom. The second-order valence-electron chi connectivity index (χ2n) is 7.90. The summed E-state index contributed by atoms with van der Waals surface area (Å²) in [5, 5.41) is 20.0. The molecule has 0 amide bonds. The number of anilines is 1. The van der Waals surface area contributed by atoms with Crippen LogP contribution in [-0.4, -0.2) is 31.1 Å². The van der Waals surface area contributed by atoms with E-state index in [2.05, 4.69) is 17.1 Å². The molecule has 2 N–H and O–H groups in total. The molecule has 0 aliphatic carbocycles. The topological polar surface area (TPSA) is 142 Å². The van der Waals surface area contributed by atoms with E-state index in [1.54, 1.807) is 72.9 Å². The quantitative estimate of drug-likeness (QED) is 0.471. The predicted octanol–water partition coefficient (Wildman–Crippen LogP) is 4.00. The van der Waals surface area contributed by atoms with Gasteiger partial charge in [0.2, 0.25) is 0 Å². The van der Waals surface area contributed by atoms with Gasteiger partial charge in [0.1, 0.15) is 22.6 Å². The molecule has 38 heavy (non-hydrogen) atoms. The molecule has 10 heteroatoms. The van der Waals surface area contributed by atoms with Gasteiger partial charge in [0, 0.05) is 16.8 Å². The van der Waals surface area contributed by atoms with E-state index in [4.69, 9.17) is 15.2 Å². The summed E-state index contributed by atoms with van der Waals surface area (Å²) in [7, 11) is 2.39. The highest BCUT2D eigenvalue weighted by atomic mass is 32.2. The summed E-state index contributed by atoms with van der Waals surface area (Å²) >= 11 is 1.29. The number of aromatic nitrogens is 1. The lowest BCUT2D eigenvalue weighted by Gasteiger charge is -2.35. The number of nitrogens with zero attached hydrogens (tertiary/aromatic N) is 4. The highest BCUT2D eigenvalue weighted by Crippen LogP contribution is 2.43. The molecule has 188 valence electrons. The van der Waals surface area contributed by atoms with Crippen LogP contribution >= 0.6 is 11.8 Å². The Balaban J connectivity index is 1.87. The van der Waals surface area contributed by atoms with Crippen LogP contribution in [0.1, 0.15) is 17.0 Å². The molecule has 3 aromatic rings. The second kappa shape index (κ2) is 11.3. The smallest absolute Gasteiger partial charge is 0.355 e. The van der Waals surface area contributed by atoms with E-state index in [1.165, 1.54) is 30.9 Å². The minimum Gasteiger partial charge on any atom is -0.466 e. The minimum absolute atomic E-state index is 0.0219. The number of nitrogens with two attached hydrogens (primary N) is 1. The summed E-state index contributed by atoms with van der Waals surface area (Å²) in [4.78, 5) is 32.6. The Labute approximate surface area is 223 Å². The molecular weight excluding hydrogens is 502 g/mol. The number of rotatable bonds is 6. The van der Waals surface area contributed by atoms with Crippen molar-refractivity contribution in [2.75, 3.05) is 19.1 Å². The molecule has 1 aliphatic rings. The van der Waals surface area contributed by atoms with E-state index in [0.717, 1.165) is 4.90 Å². The van der Waals surface area contributed by atoms with E-state index in [9.17, 15) is 20.1 Å². The first-order chi connectivity index (χ1) is 18.4. The number of esters is 2. The molecule has 4 rings (SSSR count). The zero-order valence-corrected chi connectivity index (χ0v) is 21.2. The van der Waals surface area contributed by atoms with E-state index < -0.39 is 17.9 Å². The lowest BCUT2D eigenvalue weighted by molar-refractivity contribution is -0.139. The monoisotopic (exact) mass is 523 g/mol. The second-order valence-corrected chi connectivity index (χ2v) is 8.96. The SMILES string of the molecule is COC(=O)C1=C(C(=O)OC)N(c2ccc(Sc3ncccc3C#N)cc2)C(N)=C(C#N)C1c1ccccc1. The molecule has 0 bridgehead atoms. The summed E-state index contributed by atoms with van der Waals surface area (Å²) in [5.41, 5.74) is 7.81. The van der Waals surface area contributed by atoms with Gasteiger partial charge in [0.25, 0.3) is 0 Å². The zero-order chi connectivity index (χ0) is 27.2. The van der Waals surface area contributed by atoms with Crippen LogP contribution in [0.25, 0.3) is 0 Å². The first-order valence-electron chi connectivity index (χ1n) is 11.2. The van der Waals surface area contributed by atoms with Crippen molar-refractivity contribution in [2.45, 2.75) is 15.8 Å². The van der Waals surface area contributed by atoms with Gasteiger partial charge in [-0.1, -0.05) is 42.1 Å². The van der Waals surface area contributed by atoms with E-state index in [-0.39, 0.29) is 22.7 Å². The third-order valence-corrected chi connectivity index (χ3v) is 6.84. The molecule has 0 saturated carbocycles. The number of carbonyl (C=O) groups is 2. The molecular formula is C28H21N5O4S. The molecule has 2 aromatic carbocycles. The van der Waals surface area contributed by atoms with Crippen molar-refractivity contribution in [1.29, 1.82) is 10.5 Å². The molecule has 0 spiro atoms. The summed E-state index contributed by atoms with van der Waals surface area (Å²) in [6.45, 7) is 0. The van der Waals surface area contributed by atoms with Crippen LogP contribution < -0.4 is 10.6 Å². The van der Waals surface area contributed by atoms with Gasteiger partial charge in [0.05, 0.1) is 42.9 Å². The summed E-state index contributed by atoms with van der Waals surface area (Å²) in [6.07, 6.45) is 1.60. The Kier molecular flexibility index (Phi) is 7.76. The zero-order valence-electron chi connectivity index (χ0n) is 20.4. The van der Waals surface area contributed by atoms with Gasteiger partial charge in [-0.3, -0.25) is 4.90 Å². The summed E-state index contributed by atoms with van der Waals surface area (Å²) in [5.74, 6) is -2.58. The Bertz CT molecular complexity index is 1540. The number of pyridine rings is 1. The van der Waals surface area contributed by atoms with Crippen molar-refractivity contribution in [3.05, 3.63) is 107 Å². The number of carbonyl (C=O) groups excluding carboxylic acids is 2. The average molecular weight is 524 g/mol. The number of hydrogen-bond donors (Lipinski definition) is 1. The van der Waals surface area contributed by atoms with Crippen LogP contribution in [0.2, 0.25) is 0 Å². The minimum atomic E-state index is -0.942. The standard InChI is InChI=1S/C28H21N5O4S/c1-36-27(34)23-22(17-7-4-3-5-8-17)21(16-30)25(31)33(24(23)28(35)37-2)19-10-12-20(13-11-19)38-26-18(15-29)9-6-14-32-26/h3-14,22H,31H2,1-2H3. The van der Waals surface area contributed by atoms with Gasteiger partial charge >= 0.3 is 11.9 Å². The maximum atomic E-state index is 13.1. The van der Waals surface area contributed by atoms with Gasteiger partial charge < -0.3 is 15.2 Å². The average Bonchev–Trinajstić information content (AvgIpc) is 2.96. The fraction of sp³-hybridized carbons (Fsp3) is 0.107. The fourth-order valence-electron chi connectivity index (χ4n) is 4.11. The summed E-state index contributed by atoms with van der Waals surface area (Å²) in [6, 6.07) is 23.3. The van der Waals surface area contributed by atoms with E-state index >= 15 is 0 Å². The van der Waals surface area contributed by atoms with E-state index in [1.807, 2.05) is 0 Å². The normalized spacial score (nSPS) is 14.9. The molecule has 0 fully saturated rings. The lowest BCUT2D eigenvalue weighted by atomic mass is 9.81. The van der Waals surface area contributed by atoms with Crippen LogP contribution in [0, 0.1) is 22.7 Å². The van der Waals surface area contributed by atoms with Gasteiger partial charge in [-0.05, 0) is 42.0 Å². The number of methoxy groups -OCH3 is 2. The van der Waals surface area contributed by atoms with Crippen molar-refractivity contribution >= 4 is 29.4 Å². The van der Waals surface area contributed by atoms with Crippen LogP contribution in [-0.2, 0) is 19.1 Å². The third-order valence-electron chi connectivity index (χ3n) is 5.81. The Morgan fingerprint density at radius 3 is 2.24 bits per heavy atom. The molecule has 0 saturated heterocycles. The van der Waals surface area contributed by atoms with E-state index in [0.29, 0.717) is 21.8 Å². The Hall–Kier alpha value is -5.06.